The van der Waals surface area contributed by atoms with Gasteiger partial charge in [-0.2, -0.15) is 0 Å². The first-order chi connectivity index (χ1) is 21.4. The molecule has 0 saturated heterocycles. The summed E-state index contributed by atoms with van der Waals surface area (Å²) in [4.78, 5) is 54.2. The van der Waals surface area contributed by atoms with Crippen molar-refractivity contribution in [2.24, 2.45) is 5.41 Å². The minimum atomic E-state index is -0.845. The van der Waals surface area contributed by atoms with Crippen LogP contribution in [0, 0.1) is 5.41 Å². The molecule has 1 aromatic heterocycles. The van der Waals surface area contributed by atoms with Crippen LogP contribution >= 0.6 is 11.6 Å². The molecule has 0 N–H and O–H groups in total. The number of halogens is 1. The van der Waals surface area contributed by atoms with E-state index < -0.39 is 17.6 Å². The fraction of sp³-hybridized carbons (Fsp3) is 0.316. The van der Waals surface area contributed by atoms with Crippen molar-refractivity contribution in [2.75, 3.05) is 0 Å². The molecule has 1 atom stereocenters. The number of rotatable bonds is 7. The van der Waals surface area contributed by atoms with Gasteiger partial charge in [-0.15, -0.1) is 0 Å². The van der Waals surface area contributed by atoms with Gasteiger partial charge in [0.1, 0.15) is 5.60 Å². The van der Waals surface area contributed by atoms with Gasteiger partial charge in [0.25, 0.3) is 5.56 Å². The van der Waals surface area contributed by atoms with Gasteiger partial charge in [0.15, 0.2) is 11.6 Å². The lowest BCUT2D eigenvalue weighted by atomic mass is 9.81. The summed E-state index contributed by atoms with van der Waals surface area (Å²) in [6.07, 6.45) is 5.08. The van der Waals surface area contributed by atoms with Crippen LogP contribution in [0.1, 0.15) is 83.5 Å². The van der Waals surface area contributed by atoms with Gasteiger partial charge in [-0.1, -0.05) is 60.1 Å². The zero-order chi connectivity index (χ0) is 31.9. The molecule has 1 fully saturated rings. The lowest BCUT2D eigenvalue weighted by Crippen LogP contribution is -2.33. The second-order valence-electron chi connectivity index (χ2n) is 13.5. The number of Topliss-reactive ketones (excluding diaryl/α,β-unsaturated/α-hetero) is 2. The van der Waals surface area contributed by atoms with Crippen LogP contribution in [0.3, 0.4) is 0 Å². The molecule has 6 rings (SSSR count). The van der Waals surface area contributed by atoms with Crippen molar-refractivity contribution in [1.82, 2.24) is 4.57 Å². The van der Waals surface area contributed by atoms with E-state index in [-0.39, 0.29) is 35.4 Å². The van der Waals surface area contributed by atoms with Gasteiger partial charge in [-0.25, -0.2) is 4.79 Å². The first-order valence-corrected chi connectivity index (χ1v) is 15.7. The summed E-state index contributed by atoms with van der Waals surface area (Å²) in [6, 6.07) is 22.7. The third-order valence-corrected chi connectivity index (χ3v) is 8.98. The quantitative estimate of drug-likeness (QED) is 0.198. The smallest absolute Gasteiger partial charge is 0.338 e. The number of carbonyl (C=O) groups excluding carboxylic acids is 3. The van der Waals surface area contributed by atoms with E-state index in [0.717, 1.165) is 36.0 Å². The first-order valence-electron chi connectivity index (χ1n) is 15.4. The van der Waals surface area contributed by atoms with Crippen molar-refractivity contribution in [3.8, 4) is 11.1 Å². The molecule has 4 aromatic rings. The summed E-state index contributed by atoms with van der Waals surface area (Å²) < 4.78 is 6.89. The molecule has 1 unspecified atom stereocenters. The van der Waals surface area contributed by atoms with E-state index in [1.54, 1.807) is 30.5 Å². The van der Waals surface area contributed by atoms with E-state index in [1.807, 2.05) is 69.3 Å². The summed E-state index contributed by atoms with van der Waals surface area (Å²) in [5.74, 6) is -0.632. The Morgan fingerprint density at radius 3 is 2.24 bits per heavy atom. The Labute approximate surface area is 268 Å². The zero-order valence-corrected chi connectivity index (χ0v) is 26.5. The van der Waals surface area contributed by atoms with Gasteiger partial charge in [-0.05, 0) is 97.5 Å². The molecule has 0 amide bonds. The summed E-state index contributed by atoms with van der Waals surface area (Å²) in [6.45, 7) is 5.42. The maximum atomic E-state index is 14.1. The standard InChI is InChI=1S/C38H36ClNO5/c1-37(2,3)45-36(44)26-11-9-25(10-12-26)18-33(41)32(17-24-7-5-4-6-8-24)40-23-31-30(20-35(40)43)29-19-28(39)14-13-27(29)21-38(15-16-38)22-34(31)42/h4-14,19-20,23,32H,15-18,21-22H2,1-3H3. The van der Waals surface area contributed by atoms with E-state index >= 15 is 0 Å². The molecule has 0 aliphatic heterocycles. The molecule has 2 aliphatic rings. The number of carbonyl (C=O) groups is 3. The molecule has 0 radical (unpaired) electrons. The lowest BCUT2D eigenvalue weighted by Gasteiger charge is -2.25. The average Bonchev–Trinajstić information content (AvgIpc) is 3.75. The number of ether oxygens (including phenoxy) is 1. The average molecular weight is 622 g/mol. The minimum Gasteiger partial charge on any atom is -0.456 e. The highest BCUT2D eigenvalue weighted by Crippen LogP contribution is 2.54. The molecule has 1 heterocycles. The number of fused-ring (bicyclic) bond motifs is 3. The van der Waals surface area contributed by atoms with Gasteiger partial charge >= 0.3 is 5.97 Å². The topological polar surface area (TPSA) is 82.4 Å². The number of pyridine rings is 1. The third-order valence-electron chi connectivity index (χ3n) is 8.75. The largest absolute Gasteiger partial charge is 0.456 e. The molecule has 1 saturated carbocycles. The fourth-order valence-corrected chi connectivity index (χ4v) is 6.41. The molecule has 1 spiro atoms. The zero-order valence-electron chi connectivity index (χ0n) is 25.8. The monoisotopic (exact) mass is 621 g/mol. The SMILES string of the molecule is CC(C)(C)OC(=O)c1ccc(CC(=O)C(Cc2ccccc2)n2cc3c(cc2=O)-c2cc(Cl)ccc2CC2(CC2)CC3=O)cc1. The van der Waals surface area contributed by atoms with Crippen molar-refractivity contribution >= 4 is 29.1 Å². The van der Waals surface area contributed by atoms with E-state index in [4.69, 9.17) is 16.3 Å². The number of nitrogens with zero attached hydrogens (tertiary/aromatic N) is 1. The van der Waals surface area contributed by atoms with Gasteiger partial charge in [0, 0.05) is 42.1 Å². The minimum absolute atomic E-state index is 0.0227. The Morgan fingerprint density at radius 2 is 1.58 bits per heavy atom. The number of aromatic nitrogens is 1. The van der Waals surface area contributed by atoms with Crippen LogP contribution in [-0.2, 0) is 28.8 Å². The molecule has 3 aromatic carbocycles. The molecule has 45 heavy (non-hydrogen) atoms. The second kappa shape index (κ2) is 11.9. The van der Waals surface area contributed by atoms with Crippen molar-refractivity contribution in [2.45, 2.75) is 70.9 Å². The number of hydrogen-bond donors (Lipinski definition) is 0. The Bertz CT molecular complexity index is 1850. The van der Waals surface area contributed by atoms with Crippen LogP contribution in [0.2, 0.25) is 5.02 Å². The highest BCUT2D eigenvalue weighted by Gasteiger charge is 2.46. The predicted octanol–water partition coefficient (Wildman–Crippen LogP) is 7.63. The van der Waals surface area contributed by atoms with Crippen molar-refractivity contribution < 1.29 is 19.1 Å². The summed E-state index contributed by atoms with van der Waals surface area (Å²) in [5, 5.41) is 0.538. The highest BCUT2D eigenvalue weighted by molar-refractivity contribution is 6.31. The van der Waals surface area contributed by atoms with Crippen molar-refractivity contribution in [3.63, 3.8) is 0 Å². The highest BCUT2D eigenvalue weighted by atomic mass is 35.5. The molecular formula is C38H36ClNO5. The van der Waals surface area contributed by atoms with E-state index in [2.05, 4.69) is 0 Å². The Hall–Kier alpha value is -4.29. The maximum Gasteiger partial charge on any atom is 0.338 e. The van der Waals surface area contributed by atoms with Gasteiger partial charge < -0.3 is 9.30 Å². The molecule has 2 aliphatic carbocycles. The summed E-state index contributed by atoms with van der Waals surface area (Å²) in [5.41, 5.74) is 3.85. The number of hydrogen-bond acceptors (Lipinski definition) is 5. The Kier molecular flexibility index (Phi) is 8.13. The maximum absolute atomic E-state index is 14.1. The fourth-order valence-electron chi connectivity index (χ4n) is 6.24. The van der Waals surface area contributed by atoms with Crippen LogP contribution in [0.4, 0.5) is 0 Å². The van der Waals surface area contributed by atoms with Crippen LogP contribution in [0.25, 0.3) is 11.1 Å². The lowest BCUT2D eigenvalue weighted by molar-refractivity contribution is -0.121. The van der Waals surface area contributed by atoms with Gasteiger partial charge in [0.05, 0.1) is 11.6 Å². The number of esters is 1. The normalized spacial score (nSPS) is 15.8. The molecule has 230 valence electrons. The van der Waals surface area contributed by atoms with E-state index in [9.17, 15) is 19.2 Å². The van der Waals surface area contributed by atoms with E-state index in [0.29, 0.717) is 33.7 Å². The predicted molar refractivity (Wildman–Crippen MR) is 175 cm³/mol. The number of ketones is 2. The Morgan fingerprint density at radius 1 is 0.867 bits per heavy atom. The van der Waals surface area contributed by atoms with Gasteiger partial charge in [0.2, 0.25) is 0 Å². The van der Waals surface area contributed by atoms with Crippen LogP contribution in [-0.4, -0.2) is 27.7 Å². The second-order valence-corrected chi connectivity index (χ2v) is 13.9. The molecular weight excluding hydrogens is 586 g/mol. The molecule has 6 nitrogen and oxygen atoms in total. The van der Waals surface area contributed by atoms with Gasteiger partial charge in [-0.3, -0.25) is 14.4 Å². The first kappa shape index (κ1) is 30.7. The van der Waals surface area contributed by atoms with Crippen molar-refractivity contribution in [3.05, 3.63) is 128 Å². The summed E-state index contributed by atoms with van der Waals surface area (Å²) in [7, 11) is 0. The van der Waals surface area contributed by atoms with Crippen molar-refractivity contribution in [1.29, 1.82) is 0 Å². The molecule has 0 bridgehead atoms. The third kappa shape index (κ3) is 6.86. The van der Waals surface area contributed by atoms with E-state index in [1.165, 1.54) is 10.6 Å². The van der Waals surface area contributed by atoms with Crippen LogP contribution in [0.5, 0.6) is 0 Å². The number of benzene rings is 3. The molecule has 7 heteroatoms. The van der Waals surface area contributed by atoms with Crippen LogP contribution in [0.15, 0.2) is 89.9 Å². The summed E-state index contributed by atoms with van der Waals surface area (Å²) >= 11 is 6.41. The van der Waals surface area contributed by atoms with Crippen LogP contribution < -0.4 is 5.56 Å². The Balaban J connectivity index is 1.38.